The average molecular weight is 249 g/mol. The predicted octanol–water partition coefficient (Wildman–Crippen LogP) is 1.89. The second-order valence-corrected chi connectivity index (χ2v) is 5.06. The summed E-state index contributed by atoms with van der Waals surface area (Å²) in [6.07, 6.45) is 4.81. The molecular formula is C13H16FN3O. The predicted molar refractivity (Wildman–Crippen MR) is 65.9 cm³/mol. The number of carbonyl (C=O) groups excluding carboxylic acids is 1. The van der Waals surface area contributed by atoms with Crippen LogP contribution in [0.1, 0.15) is 29.6 Å². The SMILES string of the molecule is CNc1nccc(C(=O)N2CC3CCC2C3)c1F. The maximum atomic E-state index is 14.0. The first kappa shape index (κ1) is 11.4. The molecule has 1 aromatic rings. The molecule has 2 bridgehead atoms. The van der Waals surface area contributed by atoms with Crippen molar-refractivity contribution in [2.45, 2.75) is 25.3 Å². The number of likely N-dealkylation sites (tertiary alicyclic amines) is 1. The number of aromatic nitrogens is 1. The number of carbonyl (C=O) groups is 1. The zero-order valence-corrected chi connectivity index (χ0v) is 10.3. The lowest BCUT2D eigenvalue weighted by Gasteiger charge is -2.27. The lowest BCUT2D eigenvalue weighted by atomic mass is 10.1. The smallest absolute Gasteiger partial charge is 0.257 e. The Labute approximate surface area is 105 Å². The van der Waals surface area contributed by atoms with E-state index in [9.17, 15) is 9.18 Å². The van der Waals surface area contributed by atoms with Crippen LogP contribution in [-0.4, -0.2) is 35.4 Å². The highest BCUT2D eigenvalue weighted by atomic mass is 19.1. The molecule has 2 fully saturated rings. The molecule has 4 nitrogen and oxygen atoms in total. The molecule has 2 atom stereocenters. The van der Waals surface area contributed by atoms with Gasteiger partial charge in [-0.1, -0.05) is 0 Å². The molecule has 1 aromatic heterocycles. The summed E-state index contributed by atoms with van der Waals surface area (Å²) >= 11 is 0. The van der Waals surface area contributed by atoms with Crippen LogP contribution >= 0.6 is 0 Å². The molecule has 96 valence electrons. The molecule has 1 aliphatic heterocycles. The molecule has 1 aliphatic carbocycles. The number of anilines is 1. The molecule has 3 rings (SSSR count). The van der Waals surface area contributed by atoms with Crippen molar-refractivity contribution in [1.29, 1.82) is 0 Å². The number of pyridine rings is 1. The summed E-state index contributed by atoms with van der Waals surface area (Å²) in [5, 5.41) is 2.66. The van der Waals surface area contributed by atoms with Gasteiger partial charge in [-0.25, -0.2) is 9.37 Å². The van der Waals surface area contributed by atoms with E-state index in [-0.39, 0.29) is 17.3 Å². The highest BCUT2D eigenvalue weighted by Crippen LogP contribution is 2.38. The molecule has 1 saturated carbocycles. The molecule has 2 heterocycles. The van der Waals surface area contributed by atoms with Gasteiger partial charge in [0.25, 0.3) is 5.91 Å². The summed E-state index contributed by atoms with van der Waals surface area (Å²) in [5.74, 6) is 0.00389. The van der Waals surface area contributed by atoms with Crippen molar-refractivity contribution in [3.63, 3.8) is 0 Å². The Bertz CT molecular complexity index is 491. The third-order valence-corrected chi connectivity index (χ3v) is 4.03. The van der Waals surface area contributed by atoms with Gasteiger partial charge >= 0.3 is 0 Å². The maximum Gasteiger partial charge on any atom is 0.257 e. The Morgan fingerprint density at radius 2 is 2.39 bits per heavy atom. The van der Waals surface area contributed by atoms with E-state index in [4.69, 9.17) is 0 Å². The van der Waals surface area contributed by atoms with E-state index >= 15 is 0 Å². The van der Waals surface area contributed by atoms with E-state index in [1.165, 1.54) is 18.7 Å². The Balaban J connectivity index is 1.89. The number of hydrogen-bond acceptors (Lipinski definition) is 3. The number of rotatable bonds is 2. The van der Waals surface area contributed by atoms with Gasteiger partial charge in [-0.15, -0.1) is 0 Å². The molecule has 18 heavy (non-hydrogen) atoms. The quantitative estimate of drug-likeness (QED) is 0.870. The number of nitrogens with one attached hydrogen (secondary N) is 1. The Morgan fingerprint density at radius 3 is 3.00 bits per heavy atom. The van der Waals surface area contributed by atoms with Crippen LogP contribution in [0.5, 0.6) is 0 Å². The summed E-state index contributed by atoms with van der Waals surface area (Å²) in [6, 6.07) is 1.78. The van der Waals surface area contributed by atoms with Crippen LogP contribution in [0.3, 0.4) is 0 Å². The van der Waals surface area contributed by atoms with Crippen LogP contribution in [0, 0.1) is 11.7 Å². The van der Waals surface area contributed by atoms with Crippen LogP contribution in [0.2, 0.25) is 0 Å². The number of hydrogen-bond donors (Lipinski definition) is 1. The Kier molecular flexibility index (Phi) is 2.69. The first-order valence-corrected chi connectivity index (χ1v) is 6.34. The second kappa shape index (κ2) is 4.23. The number of amides is 1. The standard InChI is InChI=1S/C13H16FN3O/c1-15-12-11(14)10(4-5-16-12)13(18)17-7-8-2-3-9(17)6-8/h4-5,8-9H,2-3,6-7H2,1H3,(H,15,16). The van der Waals surface area contributed by atoms with Crippen molar-refractivity contribution >= 4 is 11.7 Å². The number of fused-ring (bicyclic) bond motifs is 2. The van der Waals surface area contributed by atoms with Crippen molar-refractivity contribution in [3.8, 4) is 0 Å². The van der Waals surface area contributed by atoms with Gasteiger partial charge in [0.05, 0.1) is 5.56 Å². The Hall–Kier alpha value is -1.65. The third-order valence-electron chi connectivity index (χ3n) is 4.03. The zero-order valence-electron chi connectivity index (χ0n) is 10.3. The summed E-state index contributed by atoms with van der Waals surface area (Å²) < 4.78 is 14.0. The number of halogens is 1. The normalized spacial score (nSPS) is 25.6. The number of nitrogens with zero attached hydrogens (tertiary/aromatic N) is 2. The van der Waals surface area contributed by atoms with E-state index in [0.29, 0.717) is 12.0 Å². The lowest BCUT2D eigenvalue weighted by molar-refractivity contribution is 0.0699. The molecule has 2 unspecified atom stereocenters. The van der Waals surface area contributed by atoms with Crippen molar-refractivity contribution in [1.82, 2.24) is 9.88 Å². The molecule has 5 heteroatoms. The topological polar surface area (TPSA) is 45.2 Å². The van der Waals surface area contributed by atoms with E-state index in [0.717, 1.165) is 19.4 Å². The first-order valence-electron chi connectivity index (χ1n) is 6.34. The third kappa shape index (κ3) is 1.65. The first-order chi connectivity index (χ1) is 8.70. The average Bonchev–Trinajstić information content (AvgIpc) is 3.00. The monoisotopic (exact) mass is 249 g/mol. The fourth-order valence-corrected chi connectivity index (χ4v) is 3.11. The maximum absolute atomic E-state index is 14.0. The molecule has 0 aromatic carbocycles. The van der Waals surface area contributed by atoms with Gasteiger partial charge in [-0.2, -0.15) is 0 Å². The van der Waals surface area contributed by atoms with Crippen LogP contribution in [0.4, 0.5) is 10.2 Å². The summed E-state index contributed by atoms with van der Waals surface area (Å²) in [7, 11) is 1.59. The van der Waals surface area contributed by atoms with Gasteiger partial charge < -0.3 is 10.2 Å². The Morgan fingerprint density at radius 1 is 1.56 bits per heavy atom. The second-order valence-electron chi connectivity index (χ2n) is 5.06. The van der Waals surface area contributed by atoms with E-state index in [2.05, 4.69) is 10.3 Å². The molecule has 0 spiro atoms. The van der Waals surface area contributed by atoms with Gasteiger partial charge in [-0.3, -0.25) is 4.79 Å². The summed E-state index contributed by atoms with van der Waals surface area (Å²) in [6.45, 7) is 0.778. The van der Waals surface area contributed by atoms with Gasteiger partial charge in [0.1, 0.15) is 0 Å². The molecule has 2 aliphatic rings. The van der Waals surface area contributed by atoms with Crippen LogP contribution < -0.4 is 5.32 Å². The lowest BCUT2D eigenvalue weighted by Crippen LogP contribution is -2.38. The molecule has 0 radical (unpaired) electrons. The van der Waals surface area contributed by atoms with Gasteiger partial charge in [-0.05, 0) is 31.2 Å². The fourth-order valence-electron chi connectivity index (χ4n) is 3.11. The van der Waals surface area contributed by atoms with Crippen LogP contribution in [-0.2, 0) is 0 Å². The number of piperidine rings is 1. The molecule has 1 amide bonds. The van der Waals surface area contributed by atoms with E-state index < -0.39 is 5.82 Å². The van der Waals surface area contributed by atoms with Gasteiger partial charge in [0.15, 0.2) is 11.6 Å². The van der Waals surface area contributed by atoms with Gasteiger partial charge in [0.2, 0.25) is 0 Å². The van der Waals surface area contributed by atoms with E-state index in [1.807, 2.05) is 4.90 Å². The largest absolute Gasteiger partial charge is 0.371 e. The molecule has 1 saturated heterocycles. The molecular weight excluding hydrogens is 233 g/mol. The van der Waals surface area contributed by atoms with Crippen molar-refractivity contribution in [2.75, 3.05) is 18.9 Å². The zero-order chi connectivity index (χ0) is 12.7. The minimum absolute atomic E-state index is 0.127. The molecule has 1 N–H and O–H groups in total. The minimum Gasteiger partial charge on any atom is -0.371 e. The van der Waals surface area contributed by atoms with Crippen molar-refractivity contribution in [2.24, 2.45) is 5.92 Å². The van der Waals surface area contributed by atoms with Crippen LogP contribution in [0.15, 0.2) is 12.3 Å². The van der Waals surface area contributed by atoms with Crippen molar-refractivity contribution in [3.05, 3.63) is 23.6 Å². The minimum atomic E-state index is -0.548. The van der Waals surface area contributed by atoms with Gasteiger partial charge in [0, 0.05) is 25.8 Å². The van der Waals surface area contributed by atoms with Crippen LogP contribution in [0.25, 0.3) is 0 Å². The fraction of sp³-hybridized carbons (Fsp3) is 0.538. The van der Waals surface area contributed by atoms with Crippen molar-refractivity contribution < 1.29 is 9.18 Å². The highest BCUT2D eigenvalue weighted by molar-refractivity contribution is 5.95. The highest BCUT2D eigenvalue weighted by Gasteiger charge is 2.41. The van der Waals surface area contributed by atoms with E-state index in [1.54, 1.807) is 7.05 Å². The summed E-state index contributed by atoms with van der Waals surface area (Å²) in [4.78, 5) is 18.0. The summed E-state index contributed by atoms with van der Waals surface area (Å²) in [5.41, 5.74) is 0.127.